The second-order valence-corrected chi connectivity index (χ2v) is 15.5. The zero-order valence-corrected chi connectivity index (χ0v) is 29.6. The largest absolute Gasteiger partial charge is 0.501 e. The first-order chi connectivity index (χ1) is 25.1. The van der Waals surface area contributed by atoms with E-state index in [1.807, 2.05) is 10.6 Å². The quantitative estimate of drug-likeness (QED) is 0.0402. The van der Waals surface area contributed by atoms with Crippen molar-refractivity contribution in [2.45, 2.75) is 55.5 Å². The normalized spacial score (nSPS) is 17.7. The first-order valence-electron chi connectivity index (χ1n) is 15.0. The van der Waals surface area contributed by atoms with E-state index in [0.29, 0.717) is 0 Å². The number of hydrogen-bond acceptors (Lipinski definition) is 18. The van der Waals surface area contributed by atoms with Crippen LogP contribution in [-0.4, -0.2) is 167 Å². The lowest BCUT2D eigenvalue weighted by molar-refractivity contribution is -0.165. The molecule has 4 amide bonds. The molecule has 14 N–H and O–H groups in total. The van der Waals surface area contributed by atoms with Crippen LogP contribution in [0.15, 0.2) is 10.7 Å². The fourth-order valence-corrected chi connectivity index (χ4v) is 8.27. The molecule has 0 radical (unpaired) electrons. The van der Waals surface area contributed by atoms with Crippen molar-refractivity contribution in [3.05, 3.63) is 10.7 Å². The summed E-state index contributed by atoms with van der Waals surface area (Å²) in [4.78, 5) is 117. The summed E-state index contributed by atoms with van der Waals surface area (Å²) in [5, 5.41) is 63.2. The standard InChI is InChI=1S/C26H36N6O21S2/c27-10(22(42)43)1-3-14(33)31-12(20(40)29-5-16(35)36)7-54(49,50)9-26(25(47)48)19(18(39)24(46)53-26)55(51,52)8-13(21(41)30-6-17(37)38)32-15(34)4-2-11(28)23(44)45/h10-13,39H,1-9,27-28H2,(H,29,40)(H,30,41)(H,31,33)(H,32,34)(H,35,36)(H,37,38)(H,42,43)(H,44,45)(H,47,48). The van der Waals surface area contributed by atoms with Crippen molar-refractivity contribution in [1.82, 2.24) is 21.3 Å². The van der Waals surface area contributed by atoms with Crippen molar-refractivity contribution >= 4 is 79.1 Å². The van der Waals surface area contributed by atoms with E-state index in [1.54, 1.807) is 10.6 Å². The van der Waals surface area contributed by atoms with Crippen LogP contribution in [0.3, 0.4) is 0 Å². The highest BCUT2D eigenvalue weighted by Crippen LogP contribution is 2.38. The number of aliphatic hydroxyl groups excluding tert-OH is 1. The zero-order chi connectivity index (χ0) is 42.6. The average molecular weight is 833 g/mol. The molecule has 27 nitrogen and oxygen atoms in total. The van der Waals surface area contributed by atoms with Crippen LogP contribution >= 0.6 is 0 Å². The Morgan fingerprint density at radius 2 is 1.09 bits per heavy atom. The molecule has 0 spiro atoms. The summed E-state index contributed by atoms with van der Waals surface area (Å²) < 4.78 is 58.8. The van der Waals surface area contributed by atoms with Crippen molar-refractivity contribution in [3.8, 4) is 0 Å². The van der Waals surface area contributed by atoms with Crippen LogP contribution in [0.4, 0.5) is 0 Å². The van der Waals surface area contributed by atoms with Gasteiger partial charge < -0.3 is 68.1 Å². The number of aliphatic carboxylic acids is 5. The number of hydrogen-bond donors (Lipinski definition) is 12. The third-order valence-corrected chi connectivity index (χ3v) is 10.7. The molecule has 0 saturated carbocycles. The van der Waals surface area contributed by atoms with E-state index in [0.717, 1.165) is 0 Å². The van der Waals surface area contributed by atoms with Crippen molar-refractivity contribution in [3.63, 3.8) is 0 Å². The van der Waals surface area contributed by atoms with E-state index >= 15 is 0 Å². The molecule has 0 aliphatic carbocycles. The Morgan fingerprint density at radius 3 is 1.45 bits per heavy atom. The van der Waals surface area contributed by atoms with E-state index in [-0.39, 0.29) is 0 Å². The van der Waals surface area contributed by atoms with Crippen LogP contribution in [0.2, 0.25) is 0 Å². The number of carbonyl (C=O) groups excluding carboxylic acids is 5. The number of nitrogens with two attached hydrogens (primary N) is 2. The number of amides is 4. The fourth-order valence-electron chi connectivity index (χ4n) is 4.45. The van der Waals surface area contributed by atoms with Crippen LogP contribution in [0.1, 0.15) is 25.7 Å². The van der Waals surface area contributed by atoms with Gasteiger partial charge >= 0.3 is 35.8 Å². The Bertz CT molecular complexity index is 1860. The number of esters is 1. The molecule has 1 heterocycles. The van der Waals surface area contributed by atoms with Gasteiger partial charge in [-0.2, -0.15) is 0 Å². The van der Waals surface area contributed by atoms with Crippen LogP contribution in [0.25, 0.3) is 0 Å². The number of cyclic esters (lactones) is 1. The first kappa shape index (κ1) is 47.1. The number of sulfone groups is 2. The van der Waals surface area contributed by atoms with E-state index in [2.05, 4.69) is 4.74 Å². The molecule has 0 aromatic rings. The highest BCUT2D eigenvalue weighted by molar-refractivity contribution is 7.95. The van der Waals surface area contributed by atoms with Crippen LogP contribution in [0, 0.1) is 0 Å². The summed E-state index contributed by atoms with van der Waals surface area (Å²) in [5.74, 6) is -24.5. The summed E-state index contributed by atoms with van der Waals surface area (Å²) in [5.41, 5.74) is 6.67. The highest BCUT2D eigenvalue weighted by atomic mass is 32.2. The van der Waals surface area contributed by atoms with Gasteiger partial charge in [-0.3, -0.25) is 38.4 Å². The van der Waals surface area contributed by atoms with E-state index in [4.69, 9.17) is 31.9 Å². The molecule has 1 rings (SSSR count). The predicted molar refractivity (Wildman–Crippen MR) is 173 cm³/mol. The molecule has 1 aliphatic rings. The minimum atomic E-state index is -5.72. The van der Waals surface area contributed by atoms with E-state index in [9.17, 15) is 75.0 Å². The van der Waals surface area contributed by atoms with Gasteiger partial charge in [0.1, 0.15) is 47.9 Å². The lowest BCUT2D eigenvalue weighted by atomic mass is 10.1. The average Bonchev–Trinajstić information content (AvgIpc) is 3.32. The Balaban J connectivity index is 3.62. The summed E-state index contributed by atoms with van der Waals surface area (Å²) >= 11 is 0. The van der Waals surface area contributed by atoms with Gasteiger partial charge in [-0.15, -0.1) is 0 Å². The fraction of sp³-hybridized carbons (Fsp3) is 0.538. The van der Waals surface area contributed by atoms with Gasteiger partial charge in [0.05, 0.1) is 11.5 Å². The number of ether oxygens (including phenoxy) is 1. The number of carbonyl (C=O) groups is 10. The summed E-state index contributed by atoms with van der Waals surface area (Å²) in [6.07, 6.45) is -2.69. The monoisotopic (exact) mass is 832 g/mol. The summed E-state index contributed by atoms with van der Waals surface area (Å²) in [6.45, 7) is -2.35. The predicted octanol–water partition coefficient (Wildman–Crippen LogP) is -7.28. The van der Waals surface area contributed by atoms with Gasteiger partial charge in [0.25, 0.3) is 5.60 Å². The molecule has 0 fully saturated rings. The molecule has 5 atom stereocenters. The molecule has 308 valence electrons. The minimum Gasteiger partial charge on any atom is -0.501 e. The summed E-state index contributed by atoms with van der Waals surface area (Å²) in [6, 6.07) is -7.96. The third kappa shape index (κ3) is 14.1. The SMILES string of the molecule is NC(CCC(=O)NC(CS(=O)(=O)CC1(C(=O)O)OC(=O)C(O)=C1S(=O)(=O)CC(NC(=O)CCC(N)C(=O)O)C(=O)NCC(=O)O)C(=O)NCC(=O)O)C(=O)O. The summed E-state index contributed by atoms with van der Waals surface area (Å²) in [7, 11) is -11.1. The Labute approximate surface area is 308 Å². The molecule has 55 heavy (non-hydrogen) atoms. The number of carboxylic acids is 5. The van der Waals surface area contributed by atoms with Crippen molar-refractivity contribution < 1.29 is 100 Å². The highest BCUT2D eigenvalue weighted by Gasteiger charge is 2.62. The number of carboxylic acid groups (broad SMARTS) is 5. The first-order valence-corrected chi connectivity index (χ1v) is 18.5. The molecule has 0 aromatic carbocycles. The smallest absolute Gasteiger partial charge is 0.376 e. The topological polar surface area (TPSA) is 470 Å². The van der Waals surface area contributed by atoms with E-state index in [1.165, 1.54) is 0 Å². The molecule has 0 aromatic heterocycles. The Morgan fingerprint density at radius 1 is 0.691 bits per heavy atom. The molecule has 29 heteroatoms. The molecule has 0 bridgehead atoms. The van der Waals surface area contributed by atoms with Crippen molar-refractivity contribution in [2.24, 2.45) is 11.5 Å². The lowest BCUT2D eigenvalue weighted by Gasteiger charge is -2.27. The van der Waals surface area contributed by atoms with Gasteiger partial charge in [0.15, 0.2) is 19.7 Å². The second-order valence-electron chi connectivity index (χ2n) is 11.5. The van der Waals surface area contributed by atoms with Crippen molar-refractivity contribution in [1.29, 1.82) is 0 Å². The van der Waals surface area contributed by atoms with Gasteiger partial charge in [-0.05, 0) is 12.8 Å². The maximum Gasteiger partial charge on any atom is 0.376 e. The zero-order valence-electron chi connectivity index (χ0n) is 28.0. The Hall–Kier alpha value is -5.94. The van der Waals surface area contributed by atoms with Gasteiger partial charge in [0.2, 0.25) is 29.4 Å². The molecule has 0 saturated heterocycles. The minimum absolute atomic E-state index is 0.563. The number of rotatable bonds is 24. The lowest BCUT2D eigenvalue weighted by Crippen LogP contribution is -2.56. The number of aliphatic hydroxyl groups is 1. The van der Waals surface area contributed by atoms with Gasteiger partial charge in [-0.25, -0.2) is 26.4 Å². The van der Waals surface area contributed by atoms with Crippen LogP contribution in [0.5, 0.6) is 0 Å². The van der Waals surface area contributed by atoms with E-state index < -0.39 is 176 Å². The number of nitrogens with one attached hydrogen (secondary N) is 4. The maximum atomic E-state index is 13.7. The molecule has 5 unspecified atom stereocenters. The molecule has 1 aliphatic heterocycles. The van der Waals surface area contributed by atoms with Crippen molar-refractivity contribution in [2.75, 3.05) is 30.3 Å². The van der Waals surface area contributed by atoms with Crippen LogP contribution in [-0.2, 0) is 72.4 Å². The molecular weight excluding hydrogens is 796 g/mol. The van der Waals surface area contributed by atoms with Crippen LogP contribution < -0.4 is 32.7 Å². The second kappa shape index (κ2) is 19.4. The van der Waals surface area contributed by atoms with Gasteiger partial charge in [0, 0.05) is 12.8 Å². The molecular formula is C26H36N6O21S2. The maximum absolute atomic E-state index is 13.7. The van der Waals surface area contributed by atoms with Gasteiger partial charge in [-0.1, -0.05) is 0 Å². The third-order valence-electron chi connectivity index (χ3n) is 7.06. The Kier molecular flexibility index (Phi) is 16.6.